The van der Waals surface area contributed by atoms with Gasteiger partial charge in [-0.2, -0.15) is 0 Å². The van der Waals surface area contributed by atoms with Gasteiger partial charge < -0.3 is 29.8 Å². The van der Waals surface area contributed by atoms with E-state index in [1.165, 1.54) is 0 Å². The highest BCUT2D eigenvalue weighted by Crippen LogP contribution is 2.61. The molecule has 2 amide bonds. The third-order valence-electron chi connectivity index (χ3n) is 10.1. The molecule has 0 radical (unpaired) electrons. The summed E-state index contributed by atoms with van der Waals surface area (Å²) in [7, 11) is -2.89. The molecule has 5 atom stereocenters. The molecule has 1 fully saturated rings. The van der Waals surface area contributed by atoms with Crippen molar-refractivity contribution in [3.05, 3.63) is 77.9 Å². The Morgan fingerprint density at radius 2 is 1.71 bits per heavy atom. The van der Waals surface area contributed by atoms with Crippen LogP contribution in [0.15, 0.2) is 66.7 Å². The third kappa shape index (κ3) is 5.86. The topological polar surface area (TPSA) is 132 Å². The van der Waals surface area contributed by atoms with Gasteiger partial charge in [0.2, 0.25) is 5.91 Å². The minimum atomic E-state index is -2.89. The number of nitrogens with one attached hydrogen (secondary N) is 1. The largest absolute Gasteiger partial charge is 0.494 e. The number of hydrogen-bond donors (Lipinski definition) is 4. The van der Waals surface area contributed by atoms with Crippen molar-refractivity contribution in [2.45, 2.75) is 75.9 Å². The summed E-state index contributed by atoms with van der Waals surface area (Å²) in [6.07, 6.45) is 1.65. The fraction of sp³-hybridized carbons (Fsp3) is 0.459. The van der Waals surface area contributed by atoms with Crippen molar-refractivity contribution in [2.75, 3.05) is 36.2 Å². The van der Waals surface area contributed by atoms with Crippen LogP contribution in [0.4, 0.5) is 22.7 Å². The van der Waals surface area contributed by atoms with Crippen LogP contribution in [-0.2, 0) is 26.3 Å². The van der Waals surface area contributed by atoms with Crippen LogP contribution in [0.1, 0.15) is 44.2 Å². The zero-order chi connectivity index (χ0) is 34.2. The highest BCUT2D eigenvalue weighted by atomic mass is 28.4. The molecule has 4 N–H and O–H groups in total. The zero-order valence-electron chi connectivity index (χ0n) is 28.2. The van der Waals surface area contributed by atoms with E-state index in [2.05, 4.69) is 5.32 Å². The van der Waals surface area contributed by atoms with E-state index in [9.17, 15) is 24.6 Å². The van der Waals surface area contributed by atoms with Gasteiger partial charge in [0.1, 0.15) is 5.75 Å². The number of fused-ring (bicyclic) bond motifs is 3. The van der Waals surface area contributed by atoms with Crippen LogP contribution in [0.2, 0.25) is 18.6 Å². The molecular weight excluding hydrogens is 627 g/mol. The molecule has 10 nitrogen and oxygen atoms in total. The molecule has 48 heavy (non-hydrogen) atoms. The van der Waals surface area contributed by atoms with Gasteiger partial charge >= 0.3 is 0 Å². The summed E-state index contributed by atoms with van der Waals surface area (Å²) in [5, 5.41) is 22.7. The lowest BCUT2D eigenvalue weighted by Crippen LogP contribution is -2.49. The molecule has 1 unspecified atom stereocenters. The molecule has 0 bridgehead atoms. The average molecular weight is 674 g/mol. The minimum Gasteiger partial charge on any atom is -0.494 e. The van der Waals surface area contributed by atoms with E-state index in [4.69, 9.17) is 9.47 Å². The first-order chi connectivity index (χ1) is 23.1. The predicted molar refractivity (Wildman–Crippen MR) is 187 cm³/mol. The maximum absolute atomic E-state index is 14.8. The Hall–Kier alpha value is -3.58. The van der Waals surface area contributed by atoms with Crippen LogP contribution in [0, 0.1) is 5.92 Å². The Kier molecular flexibility index (Phi) is 9.81. The van der Waals surface area contributed by atoms with Crippen molar-refractivity contribution in [1.82, 2.24) is 5.32 Å². The van der Waals surface area contributed by atoms with E-state index in [1.807, 2.05) is 93.7 Å². The first-order valence-corrected chi connectivity index (χ1v) is 20.1. The van der Waals surface area contributed by atoms with Crippen molar-refractivity contribution >= 4 is 42.9 Å². The lowest BCUT2D eigenvalue weighted by molar-refractivity contribution is -0.145. The van der Waals surface area contributed by atoms with Crippen LogP contribution >= 0.6 is 0 Å². The summed E-state index contributed by atoms with van der Waals surface area (Å²) in [6, 6.07) is 20.4. The van der Waals surface area contributed by atoms with E-state index in [-0.39, 0.29) is 30.6 Å². The lowest BCUT2D eigenvalue weighted by Gasteiger charge is -2.36. The molecule has 3 aliphatic rings. The van der Waals surface area contributed by atoms with Crippen LogP contribution < -0.4 is 19.9 Å². The summed E-state index contributed by atoms with van der Waals surface area (Å²) < 4.78 is 12.7. The number of nitrogens with zero attached hydrogens (tertiary/aromatic N) is 2. The van der Waals surface area contributed by atoms with E-state index < -0.39 is 32.0 Å². The van der Waals surface area contributed by atoms with E-state index in [0.717, 1.165) is 23.4 Å². The SMILES string of the molecule is CCOc1ccc2c(c1)CC(NCCCCO)C(=O)N2c1ccc2c(c1)[C@@]1(O[C@H](CCO)[C@@H]([Si](C)(C)O)[C@@H]1C)C(=O)N2c1ccccc1. The molecule has 3 aromatic carbocycles. The normalized spacial score (nSPS) is 25.1. The molecule has 0 aliphatic carbocycles. The predicted octanol–water partition coefficient (Wildman–Crippen LogP) is 4.90. The number of hydrogen-bond acceptors (Lipinski definition) is 8. The van der Waals surface area contributed by atoms with E-state index in [1.54, 1.807) is 9.80 Å². The highest BCUT2D eigenvalue weighted by molar-refractivity contribution is 6.71. The molecule has 0 saturated carbocycles. The van der Waals surface area contributed by atoms with Crippen LogP contribution in [0.5, 0.6) is 5.75 Å². The molecule has 3 heterocycles. The summed E-state index contributed by atoms with van der Waals surface area (Å²) in [5.41, 5.74) is 2.56. The van der Waals surface area contributed by atoms with Crippen molar-refractivity contribution < 1.29 is 34.1 Å². The van der Waals surface area contributed by atoms with Gasteiger partial charge in [-0.05, 0) is 106 Å². The number of amides is 2. The monoisotopic (exact) mass is 673 g/mol. The molecule has 1 saturated heterocycles. The van der Waals surface area contributed by atoms with E-state index in [0.29, 0.717) is 55.0 Å². The van der Waals surface area contributed by atoms with Crippen molar-refractivity contribution in [3.8, 4) is 5.75 Å². The number of ether oxygens (including phenoxy) is 2. The standard InChI is InChI=1S/C37H47N3O7Si/c1-5-46-28-14-16-31-25(21-28)22-30(38-18-9-10-19-41)35(43)39(31)27-13-15-32-29(23-27)37(36(44)40(32)26-11-7-6-8-12-26)24(2)34(48(3,4)45)33(47-37)17-20-42/h6-8,11-16,21,23-24,30,33-34,38,41-42,45H,5,9-10,17-20,22H2,1-4H3/t24-,30?,33+,34-,37+/m0/s1. The highest BCUT2D eigenvalue weighted by Gasteiger charge is 2.66. The number of rotatable bonds is 12. The molecule has 3 aliphatic heterocycles. The average Bonchev–Trinajstić information content (AvgIpc) is 3.50. The number of benzene rings is 3. The Bertz CT molecular complexity index is 1650. The minimum absolute atomic E-state index is 0.0963. The zero-order valence-corrected chi connectivity index (χ0v) is 29.2. The van der Waals surface area contributed by atoms with E-state index >= 15 is 0 Å². The van der Waals surface area contributed by atoms with Gasteiger partial charge in [-0.25, -0.2) is 0 Å². The summed E-state index contributed by atoms with van der Waals surface area (Å²) >= 11 is 0. The summed E-state index contributed by atoms with van der Waals surface area (Å²) in [4.78, 5) is 44.1. The number of anilines is 4. The van der Waals surface area contributed by atoms with Crippen LogP contribution in [-0.4, -0.2) is 73.7 Å². The molecule has 11 heteroatoms. The third-order valence-corrected chi connectivity index (χ3v) is 12.6. The smallest absolute Gasteiger partial charge is 0.268 e. The van der Waals surface area contributed by atoms with Crippen molar-refractivity contribution in [2.24, 2.45) is 5.92 Å². The van der Waals surface area contributed by atoms with Crippen LogP contribution in [0.25, 0.3) is 0 Å². The Morgan fingerprint density at radius 3 is 2.40 bits per heavy atom. The Morgan fingerprint density at radius 1 is 0.958 bits per heavy atom. The van der Waals surface area contributed by atoms with Crippen molar-refractivity contribution in [3.63, 3.8) is 0 Å². The first kappa shape index (κ1) is 34.3. The van der Waals surface area contributed by atoms with Gasteiger partial charge in [-0.15, -0.1) is 0 Å². The van der Waals surface area contributed by atoms with Gasteiger partial charge in [-0.3, -0.25) is 19.4 Å². The lowest BCUT2D eigenvalue weighted by atomic mass is 9.82. The number of carbonyl (C=O) groups is 2. The van der Waals surface area contributed by atoms with Crippen molar-refractivity contribution in [1.29, 1.82) is 0 Å². The number of carbonyl (C=O) groups excluding carboxylic acids is 2. The molecule has 256 valence electrons. The maximum Gasteiger partial charge on any atom is 0.268 e. The van der Waals surface area contributed by atoms with Gasteiger partial charge in [0.15, 0.2) is 13.9 Å². The van der Waals surface area contributed by atoms with Gasteiger partial charge in [0.05, 0.1) is 30.1 Å². The maximum atomic E-state index is 14.8. The second-order valence-electron chi connectivity index (χ2n) is 13.6. The van der Waals surface area contributed by atoms with Gasteiger partial charge in [0.25, 0.3) is 5.91 Å². The van der Waals surface area contributed by atoms with Gasteiger partial charge in [-0.1, -0.05) is 25.1 Å². The fourth-order valence-electron chi connectivity index (χ4n) is 8.08. The Balaban J connectivity index is 1.50. The molecule has 3 aromatic rings. The number of para-hydroxylation sites is 1. The molecular formula is C37H47N3O7Si. The molecule has 6 rings (SSSR count). The summed E-state index contributed by atoms with van der Waals surface area (Å²) in [6.45, 7) is 8.70. The quantitative estimate of drug-likeness (QED) is 0.158. The number of unbranched alkanes of at least 4 members (excludes halogenated alkanes) is 1. The second-order valence-corrected chi connectivity index (χ2v) is 17.6. The summed E-state index contributed by atoms with van der Waals surface area (Å²) in [5.74, 6) is -0.0390. The number of aliphatic hydroxyl groups excluding tert-OH is 2. The Labute approximate surface area is 283 Å². The molecule has 1 spiro atoms. The van der Waals surface area contributed by atoms with Gasteiger partial charge in [0, 0.05) is 41.6 Å². The van der Waals surface area contributed by atoms with Crippen LogP contribution in [0.3, 0.4) is 0 Å². The second kappa shape index (κ2) is 13.7. The first-order valence-electron chi connectivity index (χ1n) is 17.1. The molecule has 0 aromatic heterocycles. The number of aliphatic hydroxyl groups is 2. The fourth-order valence-corrected chi connectivity index (χ4v) is 10.7.